The molecular formula is C16H14F3N3O2S. The first-order chi connectivity index (χ1) is 11.6. The van der Waals surface area contributed by atoms with Gasteiger partial charge in [0.15, 0.2) is 0 Å². The molecule has 9 heteroatoms. The van der Waals surface area contributed by atoms with E-state index < -0.39 is 21.8 Å². The summed E-state index contributed by atoms with van der Waals surface area (Å²) in [5, 5.41) is 16.4. The van der Waals surface area contributed by atoms with Crippen LogP contribution < -0.4 is 10.5 Å². The highest BCUT2D eigenvalue weighted by Gasteiger charge is 2.33. The summed E-state index contributed by atoms with van der Waals surface area (Å²) in [7, 11) is -3.78. The van der Waals surface area contributed by atoms with Crippen LogP contribution in [0.15, 0.2) is 47.4 Å². The largest absolute Gasteiger partial charge is 0.418 e. The first-order valence-electron chi connectivity index (χ1n) is 7.08. The molecule has 0 saturated carbocycles. The summed E-state index contributed by atoms with van der Waals surface area (Å²) < 4.78 is 61.5. The third-order valence-electron chi connectivity index (χ3n) is 3.44. The van der Waals surface area contributed by atoms with Crippen LogP contribution in [-0.2, 0) is 22.6 Å². The summed E-state index contributed by atoms with van der Waals surface area (Å²) in [5.41, 5.74) is -0.359. The normalized spacial score (nSPS) is 11.8. The van der Waals surface area contributed by atoms with Gasteiger partial charge in [0.1, 0.15) is 0 Å². The predicted octanol–water partition coefficient (Wildman–Crippen LogP) is 2.88. The fourth-order valence-electron chi connectivity index (χ4n) is 2.19. The number of hydrogen-bond acceptors (Lipinski definition) is 4. The van der Waals surface area contributed by atoms with Gasteiger partial charge in [0.2, 0.25) is 10.0 Å². The number of benzene rings is 2. The van der Waals surface area contributed by atoms with E-state index in [4.69, 9.17) is 10.4 Å². The Morgan fingerprint density at radius 3 is 2.28 bits per heavy atom. The molecule has 0 fully saturated rings. The number of nitrogens with one attached hydrogen (secondary N) is 1. The van der Waals surface area contributed by atoms with Crippen molar-refractivity contribution in [3.63, 3.8) is 0 Å². The Hall–Kier alpha value is -2.57. The van der Waals surface area contributed by atoms with Crippen LogP contribution in [0, 0.1) is 11.3 Å². The minimum absolute atomic E-state index is 0.0318. The molecule has 2 aromatic carbocycles. The van der Waals surface area contributed by atoms with Gasteiger partial charge in [-0.2, -0.15) is 18.4 Å². The van der Waals surface area contributed by atoms with Gasteiger partial charge < -0.3 is 5.32 Å². The lowest BCUT2D eigenvalue weighted by molar-refractivity contribution is -0.137. The summed E-state index contributed by atoms with van der Waals surface area (Å²) in [6.45, 7) is 0.198. The lowest BCUT2D eigenvalue weighted by Gasteiger charge is -2.15. The Balaban J connectivity index is 2.08. The molecule has 3 N–H and O–H groups in total. The van der Waals surface area contributed by atoms with E-state index in [2.05, 4.69) is 5.32 Å². The molecule has 0 aliphatic rings. The van der Waals surface area contributed by atoms with Crippen LogP contribution in [0.2, 0.25) is 0 Å². The molecule has 2 aromatic rings. The van der Waals surface area contributed by atoms with E-state index in [1.807, 2.05) is 0 Å². The van der Waals surface area contributed by atoms with Crippen molar-refractivity contribution in [2.45, 2.75) is 17.5 Å². The van der Waals surface area contributed by atoms with Gasteiger partial charge in [0.05, 0.1) is 22.1 Å². The third-order valence-corrected chi connectivity index (χ3v) is 4.36. The number of hydrogen-bond donors (Lipinski definition) is 2. The van der Waals surface area contributed by atoms with Crippen LogP contribution in [0.3, 0.4) is 0 Å². The highest BCUT2D eigenvalue weighted by Crippen LogP contribution is 2.35. The van der Waals surface area contributed by atoms with Crippen molar-refractivity contribution >= 4 is 15.7 Å². The number of alkyl halides is 3. The van der Waals surface area contributed by atoms with E-state index in [1.165, 1.54) is 24.3 Å². The zero-order chi connectivity index (χ0) is 18.7. The lowest BCUT2D eigenvalue weighted by atomic mass is 10.1. The van der Waals surface area contributed by atoms with Crippen LogP contribution in [0.4, 0.5) is 18.9 Å². The molecule has 2 rings (SSSR count). The smallest absolute Gasteiger partial charge is 0.384 e. The fraction of sp³-hybridized carbons (Fsp3) is 0.188. The van der Waals surface area contributed by atoms with Crippen molar-refractivity contribution in [2.75, 3.05) is 11.9 Å². The number of sulfonamides is 1. The first-order valence-corrected chi connectivity index (χ1v) is 8.63. The third kappa shape index (κ3) is 4.95. The van der Waals surface area contributed by atoms with Gasteiger partial charge in [-0.15, -0.1) is 0 Å². The van der Waals surface area contributed by atoms with Crippen LogP contribution in [0.25, 0.3) is 0 Å². The minimum Gasteiger partial charge on any atom is -0.384 e. The maximum Gasteiger partial charge on any atom is 0.418 e. The molecular weight excluding hydrogens is 355 g/mol. The fourth-order valence-corrected chi connectivity index (χ4v) is 2.71. The van der Waals surface area contributed by atoms with Crippen molar-refractivity contribution in [3.05, 3.63) is 59.2 Å². The minimum atomic E-state index is -4.58. The highest BCUT2D eigenvalue weighted by molar-refractivity contribution is 7.89. The van der Waals surface area contributed by atoms with Gasteiger partial charge in [-0.3, -0.25) is 0 Å². The highest BCUT2D eigenvalue weighted by atomic mass is 32.2. The molecule has 0 aliphatic carbocycles. The lowest BCUT2D eigenvalue weighted by Crippen LogP contribution is -2.13. The molecule has 0 saturated heterocycles. The number of halogens is 3. The Morgan fingerprint density at radius 1 is 1.12 bits per heavy atom. The van der Waals surface area contributed by atoms with Crippen molar-refractivity contribution in [3.8, 4) is 6.07 Å². The van der Waals surface area contributed by atoms with Gasteiger partial charge in [-0.25, -0.2) is 13.6 Å². The molecule has 0 spiro atoms. The summed E-state index contributed by atoms with van der Waals surface area (Å²) in [6.07, 6.45) is -4.20. The standard InChI is InChI=1S/C16H14F3N3O2S/c17-16(18,19)14-9-12(10-20)3-6-15(14)22-8-7-11-1-4-13(5-2-11)25(21,23)24/h1-6,9,22H,7-8H2,(H2,21,23,24). The monoisotopic (exact) mass is 369 g/mol. The molecule has 0 aromatic heterocycles. The second kappa shape index (κ2) is 7.13. The summed E-state index contributed by atoms with van der Waals surface area (Å²) in [4.78, 5) is -0.0318. The maximum absolute atomic E-state index is 13.1. The Morgan fingerprint density at radius 2 is 1.76 bits per heavy atom. The summed E-state index contributed by atoms with van der Waals surface area (Å²) in [5.74, 6) is 0. The number of nitrogens with zero attached hydrogens (tertiary/aromatic N) is 1. The zero-order valence-electron chi connectivity index (χ0n) is 12.8. The molecule has 0 aliphatic heterocycles. The molecule has 0 radical (unpaired) electrons. The van der Waals surface area contributed by atoms with Gasteiger partial charge in [0.25, 0.3) is 0 Å². The predicted molar refractivity (Wildman–Crippen MR) is 86.2 cm³/mol. The average Bonchev–Trinajstić information content (AvgIpc) is 2.54. The summed E-state index contributed by atoms with van der Waals surface area (Å²) >= 11 is 0. The molecule has 0 heterocycles. The molecule has 132 valence electrons. The second-order valence-corrected chi connectivity index (χ2v) is 6.80. The molecule has 0 unspecified atom stereocenters. The SMILES string of the molecule is N#Cc1ccc(NCCc2ccc(S(N)(=O)=O)cc2)c(C(F)(F)F)c1. The zero-order valence-corrected chi connectivity index (χ0v) is 13.7. The van der Waals surface area contributed by atoms with Gasteiger partial charge in [-0.1, -0.05) is 12.1 Å². The van der Waals surface area contributed by atoms with Gasteiger partial charge in [-0.05, 0) is 42.3 Å². The van der Waals surface area contributed by atoms with E-state index >= 15 is 0 Å². The van der Waals surface area contributed by atoms with Gasteiger partial charge in [0, 0.05) is 12.2 Å². The van der Waals surface area contributed by atoms with Crippen molar-refractivity contribution in [2.24, 2.45) is 5.14 Å². The number of rotatable bonds is 5. The van der Waals surface area contributed by atoms with Crippen LogP contribution in [-0.4, -0.2) is 15.0 Å². The van der Waals surface area contributed by atoms with E-state index in [1.54, 1.807) is 18.2 Å². The van der Waals surface area contributed by atoms with Crippen molar-refractivity contribution in [1.29, 1.82) is 5.26 Å². The van der Waals surface area contributed by atoms with Crippen LogP contribution in [0.1, 0.15) is 16.7 Å². The van der Waals surface area contributed by atoms with E-state index in [-0.39, 0.29) is 22.7 Å². The van der Waals surface area contributed by atoms with E-state index in [9.17, 15) is 21.6 Å². The quantitative estimate of drug-likeness (QED) is 0.847. The second-order valence-electron chi connectivity index (χ2n) is 5.24. The first kappa shape index (κ1) is 18.8. The Labute approximate surface area is 142 Å². The topological polar surface area (TPSA) is 96.0 Å². The number of anilines is 1. The van der Waals surface area contributed by atoms with Crippen molar-refractivity contribution in [1.82, 2.24) is 0 Å². The Bertz CT molecular complexity index is 902. The molecule has 25 heavy (non-hydrogen) atoms. The number of nitriles is 1. The number of nitrogens with two attached hydrogens (primary N) is 1. The van der Waals surface area contributed by atoms with Gasteiger partial charge >= 0.3 is 6.18 Å². The molecule has 0 amide bonds. The van der Waals surface area contributed by atoms with Crippen LogP contribution >= 0.6 is 0 Å². The molecule has 0 bridgehead atoms. The van der Waals surface area contributed by atoms with E-state index in [0.717, 1.165) is 11.6 Å². The average molecular weight is 369 g/mol. The number of primary sulfonamides is 1. The van der Waals surface area contributed by atoms with E-state index in [0.29, 0.717) is 6.42 Å². The molecule has 0 atom stereocenters. The van der Waals surface area contributed by atoms with Crippen molar-refractivity contribution < 1.29 is 21.6 Å². The molecule has 5 nitrogen and oxygen atoms in total. The van der Waals surface area contributed by atoms with Crippen LogP contribution in [0.5, 0.6) is 0 Å². The Kier molecular flexibility index (Phi) is 5.35. The summed E-state index contributed by atoms with van der Waals surface area (Å²) in [6, 6.07) is 10.8. The maximum atomic E-state index is 13.1.